The maximum atomic E-state index is 6.33. The summed E-state index contributed by atoms with van der Waals surface area (Å²) in [6.07, 6.45) is 0.995. The molecular weight excluding hydrogens is 258 g/mol. The van der Waals surface area contributed by atoms with Gasteiger partial charge < -0.3 is 10.1 Å². The first kappa shape index (κ1) is 12.5. The lowest BCUT2D eigenvalue weighted by atomic mass is 10.00. The minimum atomic E-state index is 0.776. The molecule has 3 heteroatoms. The summed E-state index contributed by atoms with van der Waals surface area (Å²) in [6.45, 7) is 1.56. The number of hydrogen-bond acceptors (Lipinski definition) is 2. The largest absolute Gasteiger partial charge is 0.492 e. The van der Waals surface area contributed by atoms with Gasteiger partial charge in [-0.2, -0.15) is 0 Å². The van der Waals surface area contributed by atoms with Crippen molar-refractivity contribution in [1.82, 2.24) is 5.32 Å². The van der Waals surface area contributed by atoms with Gasteiger partial charge in [0, 0.05) is 23.6 Å². The zero-order valence-corrected chi connectivity index (χ0v) is 11.6. The molecule has 1 N–H and O–H groups in total. The van der Waals surface area contributed by atoms with Crippen LogP contribution in [0.15, 0.2) is 36.4 Å². The Morgan fingerprint density at radius 2 is 2.16 bits per heavy atom. The van der Waals surface area contributed by atoms with E-state index in [-0.39, 0.29) is 0 Å². The van der Waals surface area contributed by atoms with Crippen molar-refractivity contribution in [3.63, 3.8) is 0 Å². The average Bonchev–Trinajstić information content (AvgIpc) is 2.89. The molecule has 1 aliphatic rings. The standard InChI is InChI=1S/C16H16ClNO/c1-18-10-13-6-5-12(9-15(13)17)14-4-2-3-11-7-8-19-16(11)14/h2-6,9,18H,7-8,10H2,1H3. The highest BCUT2D eigenvalue weighted by molar-refractivity contribution is 6.31. The predicted octanol–water partition coefficient (Wildman–Crippen LogP) is 3.66. The first-order chi connectivity index (χ1) is 9.29. The van der Waals surface area contributed by atoms with Crippen LogP contribution in [-0.2, 0) is 13.0 Å². The van der Waals surface area contributed by atoms with Gasteiger partial charge in [-0.3, -0.25) is 0 Å². The van der Waals surface area contributed by atoms with Crippen LogP contribution in [0.2, 0.25) is 5.02 Å². The minimum Gasteiger partial charge on any atom is -0.492 e. The van der Waals surface area contributed by atoms with Crippen LogP contribution in [-0.4, -0.2) is 13.7 Å². The molecule has 0 atom stereocenters. The second-order valence-corrected chi connectivity index (χ2v) is 5.14. The third kappa shape index (κ3) is 2.34. The molecule has 0 aliphatic carbocycles. The maximum absolute atomic E-state index is 6.33. The summed E-state index contributed by atoms with van der Waals surface area (Å²) in [5.74, 6) is 1.01. The molecule has 0 spiro atoms. The van der Waals surface area contributed by atoms with Gasteiger partial charge in [0.2, 0.25) is 0 Å². The van der Waals surface area contributed by atoms with Crippen LogP contribution in [0.25, 0.3) is 11.1 Å². The van der Waals surface area contributed by atoms with Crippen LogP contribution < -0.4 is 10.1 Å². The average molecular weight is 274 g/mol. The first-order valence-corrected chi connectivity index (χ1v) is 6.85. The monoisotopic (exact) mass is 273 g/mol. The first-order valence-electron chi connectivity index (χ1n) is 6.47. The molecule has 0 aromatic heterocycles. The zero-order chi connectivity index (χ0) is 13.2. The van der Waals surface area contributed by atoms with Gasteiger partial charge in [0.05, 0.1) is 6.61 Å². The number of benzene rings is 2. The molecule has 1 aliphatic heterocycles. The number of fused-ring (bicyclic) bond motifs is 1. The highest BCUT2D eigenvalue weighted by Crippen LogP contribution is 2.37. The molecule has 98 valence electrons. The van der Waals surface area contributed by atoms with Crippen molar-refractivity contribution in [3.8, 4) is 16.9 Å². The Balaban J connectivity index is 2.03. The van der Waals surface area contributed by atoms with E-state index in [1.165, 1.54) is 5.56 Å². The molecule has 1 heterocycles. The Hall–Kier alpha value is -1.51. The lowest BCUT2D eigenvalue weighted by Gasteiger charge is -2.10. The molecule has 0 unspecified atom stereocenters. The van der Waals surface area contributed by atoms with E-state index in [0.29, 0.717) is 0 Å². The Kier molecular flexibility index (Phi) is 3.45. The number of halogens is 1. The summed E-state index contributed by atoms with van der Waals surface area (Å²) in [7, 11) is 1.92. The smallest absolute Gasteiger partial charge is 0.130 e. The van der Waals surface area contributed by atoms with Gasteiger partial charge in [0.15, 0.2) is 0 Å². The normalized spacial score (nSPS) is 13.2. The molecule has 0 saturated heterocycles. The number of nitrogens with one attached hydrogen (secondary N) is 1. The summed E-state index contributed by atoms with van der Waals surface area (Å²) < 4.78 is 5.75. The number of para-hydroxylation sites is 1. The van der Waals surface area contributed by atoms with Gasteiger partial charge in [-0.1, -0.05) is 41.9 Å². The fraction of sp³-hybridized carbons (Fsp3) is 0.250. The van der Waals surface area contributed by atoms with Gasteiger partial charge in [-0.15, -0.1) is 0 Å². The Labute approximate surface area is 118 Å². The number of hydrogen-bond donors (Lipinski definition) is 1. The van der Waals surface area contributed by atoms with Gasteiger partial charge >= 0.3 is 0 Å². The second kappa shape index (κ2) is 5.24. The quantitative estimate of drug-likeness (QED) is 0.921. The molecule has 3 rings (SSSR count). The Bertz CT molecular complexity index is 610. The van der Waals surface area contributed by atoms with Crippen molar-refractivity contribution < 1.29 is 4.74 Å². The van der Waals surface area contributed by atoms with E-state index in [1.807, 2.05) is 13.1 Å². The van der Waals surface area contributed by atoms with Crippen LogP contribution >= 0.6 is 11.6 Å². The van der Waals surface area contributed by atoms with E-state index in [9.17, 15) is 0 Å². The molecule has 19 heavy (non-hydrogen) atoms. The van der Waals surface area contributed by atoms with Crippen molar-refractivity contribution in [1.29, 1.82) is 0 Å². The van der Waals surface area contributed by atoms with Gasteiger partial charge in [0.1, 0.15) is 5.75 Å². The lowest BCUT2D eigenvalue weighted by Crippen LogP contribution is -2.05. The highest BCUT2D eigenvalue weighted by atomic mass is 35.5. The van der Waals surface area contributed by atoms with Gasteiger partial charge in [-0.05, 0) is 29.8 Å². The molecule has 0 radical (unpaired) electrons. The minimum absolute atomic E-state index is 0.776. The summed E-state index contributed by atoms with van der Waals surface area (Å²) in [5.41, 5.74) is 4.64. The summed E-state index contributed by atoms with van der Waals surface area (Å²) >= 11 is 6.33. The molecule has 2 aromatic rings. The van der Waals surface area contributed by atoms with Crippen molar-refractivity contribution in [2.75, 3.05) is 13.7 Å². The molecule has 0 saturated carbocycles. The van der Waals surface area contributed by atoms with E-state index >= 15 is 0 Å². The van der Waals surface area contributed by atoms with E-state index in [2.05, 4.69) is 35.6 Å². The van der Waals surface area contributed by atoms with Crippen molar-refractivity contribution in [2.45, 2.75) is 13.0 Å². The topological polar surface area (TPSA) is 21.3 Å². The molecule has 0 fully saturated rings. The summed E-state index contributed by atoms with van der Waals surface area (Å²) in [6, 6.07) is 12.5. The summed E-state index contributed by atoms with van der Waals surface area (Å²) in [4.78, 5) is 0. The van der Waals surface area contributed by atoms with E-state index < -0.39 is 0 Å². The fourth-order valence-corrected chi connectivity index (χ4v) is 2.74. The maximum Gasteiger partial charge on any atom is 0.130 e. The van der Waals surface area contributed by atoms with Crippen molar-refractivity contribution in [3.05, 3.63) is 52.5 Å². The SMILES string of the molecule is CNCc1ccc(-c2cccc3c2OCC3)cc1Cl. The molecule has 0 bridgehead atoms. The number of rotatable bonds is 3. The van der Waals surface area contributed by atoms with E-state index in [1.54, 1.807) is 0 Å². The third-order valence-electron chi connectivity index (χ3n) is 3.45. The molecule has 2 nitrogen and oxygen atoms in total. The van der Waals surface area contributed by atoms with Crippen LogP contribution in [0, 0.1) is 0 Å². The van der Waals surface area contributed by atoms with Gasteiger partial charge in [0.25, 0.3) is 0 Å². The fourth-order valence-electron chi connectivity index (χ4n) is 2.49. The van der Waals surface area contributed by atoms with Crippen LogP contribution in [0.1, 0.15) is 11.1 Å². The van der Waals surface area contributed by atoms with Gasteiger partial charge in [-0.25, -0.2) is 0 Å². The zero-order valence-electron chi connectivity index (χ0n) is 10.9. The van der Waals surface area contributed by atoms with E-state index in [4.69, 9.17) is 16.3 Å². The van der Waals surface area contributed by atoms with Crippen molar-refractivity contribution in [2.24, 2.45) is 0 Å². The Morgan fingerprint density at radius 3 is 2.95 bits per heavy atom. The lowest BCUT2D eigenvalue weighted by molar-refractivity contribution is 0.358. The molecular formula is C16H16ClNO. The highest BCUT2D eigenvalue weighted by Gasteiger charge is 2.17. The molecule has 2 aromatic carbocycles. The van der Waals surface area contributed by atoms with Crippen LogP contribution in [0.5, 0.6) is 5.75 Å². The van der Waals surface area contributed by atoms with Crippen LogP contribution in [0.4, 0.5) is 0 Å². The van der Waals surface area contributed by atoms with Crippen LogP contribution in [0.3, 0.4) is 0 Å². The van der Waals surface area contributed by atoms with Crippen molar-refractivity contribution >= 4 is 11.6 Å². The summed E-state index contributed by atoms with van der Waals surface area (Å²) in [5, 5.41) is 3.91. The third-order valence-corrected chi connectivity index (χ3v) is 3.80. The Morgan fingerprint density at radius 1 is 1.26 bits per heavy atom. The second-order valence-electron chi connectivity index (χ2n) is 4.73. The van der Waals surface area contributed by atoms with E-state index in [0.717, 1.165) is 47.0 Å². The molecule has 0 amide bonds. The number of ether oxygens (including phenoxy) is 1. The predicted molar refractivity (Wildman–Crippen MR) is 78.9 cm³/mol.